The molecule has 8 aromatic rings. The van der Waals surface area contributed by atoms with Gasteiger partial charge in [-0.05, 0) is 186 Å². The summed E-state index contributed by atoms with van der Waals surface area (Å²) in [6.45, 7) is 15.6. The van der Waals surface area contributed by atoms with Crippen molar-refractivity contribution in [2.24, 2.45) is 0 Å². The Bertz CT molecular complexity index is 4380. The Morgan fingerprint density at radius 3 is 1.01 bits per heavy atom. The van der Waals surface area contributed by atoms with E-state index in [2.05, 4.69) is 23.6 Å². The fraction of sp³-hybridized carbons (Fsp3) is 0.462. The molecule has 14 nitrogen and oxygen atoms in total. The van der Waals surface area contributed by atoms with Crippen LogP contribution in [0, 0.1) is 0 Å². The van der Waals surface area contributed by atoms with E-state index >= 15 is 0 Å². The van der Waals surface area contributed by atoms with Crippen LogP contribution in [0.25, 0.3) is 41.1 Å². The zero-order valence-corrected chi connectivity index (χ0v) is 62.5. The molecule has 0 amide bonds. The van der Waals surface area contributed by atoms with Gasteiger partial charge in [0.15, 0.2) is 50.9 Å². The van der Waals surface area contributed by atoms with Crippen molar-refractivity contribution in [2.45, 2.75) is 176 Å². The van der Waals surface area contributed by atoms with Gasteiger partial charge in [0.1, 0.15) is 24.7 Å². The smallest absolute Gasteiger partial charge is 0.195 e. The van der Waals surface area contributed by atoms with Gasteiger partial charge in [-0.15, -0.1) is 22.7 Å². The van der Waals surface area contributed by atoms with E-state index in [0.717, 1.165) is 103 Å². The lowest BCUT2D eigenvalue weighted by Gasteiger charge is -2.26. The van der Waals surface area contributed by atoms with Crippen LogP contribution in [0.2, 0.25) is 0 Å². The Kier molecular flexibility index (Phi) is 28.3. The summed E-state index contributed by atoms with van der Waals surface area (Å²) in [5.74, 6) is 1.40. The highest BCUT2D eigenvalue weighted by Crippen LogP contribution is 2.44. The van der Waals surface area contributed by atoms with Crippen LogP contribution in [0.4, 0.5) is 0 Å². The second-order valence-electron chi connectivity index (χ2n) is 26.0. The van der Waals surface area contributed by atoms with Crippen molar-refractivity contribution in [1.29, 1.82) is 0 Å². The molecule has 0 N–H and O–H groups in total. The molecule has 528 valence electrons. The lowest BCUT2D eigenvalue weighted by Crippen LogP contribution is -2.33. The molecule has 2 fully saturated rings. The Hall–Kier alpha value is -6.10. The first kappa shape index (κ1) is 76.1. The van der Waals surface area contributed by atoms with Gasteiger partial charge in [0.05, 0.1) is 42.6 Å². The lowest BCUT2D eigenvalue weighted by atomic mass is 9.97. The summed E-state index contributed by atoms with van der Waals surface area (Å²) in [5.41, 5.74) is 3.35. The molecule has 0 spiro atoms. The summed E-state index contributed by atoms with van der Waals surface area (Å²) in [4.78, 5) is 35.7. The molecule has 0 radical (unpaired) electrons. The number of rotatable bonds is 36. The third kappa shape index (κ3) is 20.6. The third-order valence-corrected chi connectivity index (χ3v) is 28.1. The van der Waals surface area contributed by atoms with Crippen LogP contribution in [-0.2, 0) is 39.3 Å². The molecule has 0 unspecified atom stereocenters. The highest BCUT2D eigenvalue weighted by molar-refractivity contribution is 7.92. The summed E-state index contributed by atoms with van der Waals surface area (Å²) >= 11 is 2.71. The van der Waals surface area contributed by atoms with Crippen LogP contribution in [0.5, 0.6) is 11.5 Å². The highest BCUT2D eigenvalue weighted by Gasteiger charge is 2.28. The number of unbranched alkanes of at least 4 members (excludes halogenated alkanes) is 10. The lowest BCUT2D eigenvalue weighted by molar-refractivity contribution is 0.103. The quantitative estimate of drug-likeness (QED) is 0.0266. The summed E-state index contributed by atoms with van der Waals surface area (Å²) in [6, 6.07) is 37.9. The minimum absolute atomic E-state index is 0.0804. The van der Waals surface area contributed by atoms with Crippen LogP contribution in [0.3, 0.4) is 0 Å². The second kappa shape index (κ2) is 36.5. The van der Waals surface area contributed by atoms with E-state index in [9.17, 15) is 43.3 Å². The third-order valence-electron chi connectivity index (χ3n) is 18.5. The summed E-state index contributed by atoms with van der Waals surface area (Å²) in [6.07, 6.45) is 19.3. The largest absolute Gasteiger partial charge is 0.492 e. The van der Waals surface area contributed by atoms with Crippen molar-refractivity contribution in [3.63, 3.8) is 0 Å². The molecular formula is C78H98N2O12S6. The highest BCUT2D eigenvalue weighted by atomic mass is 32.2. The first-order valence-electron chi connectivity index (χ1n) is 35.5. The van der Waals surface area contributed by atoms with E-state index in [0.29, 0.717) is 114 Å². The van der Waals surface area contributed by atoms with Crippen molar-refractivity contribution in [3.8, 4) is 32.4 Å². The van der Waals surface area contributed by atoms with E-state index in [1.165, 1.54) is 61.2 Å². The predicted molar refractivity (Wildman–Crippen MR) is 401 cm³/mol. The Labute approximate surface area is 591 Å². The molecule has 2 aliphatic heterocycles. The number of likely N-dealkylation sites (tertiary alicyclic amines) is 2. The zero-order valence-electron chi connectivity index (χ0n) is 57.6. The summed E-state index contributed by atoms with van der Waals surface area (Å²) < 4.78 is 118. The molecule has 4 heterocycles. The number of sulfone groups is 4. The maximum Gasteiger partial charge on any atom is 0.195 e. The van der Waals surface area contributed by atoms with Gasteiger partial charge < -0.3 is 9.47 Å². The van der Waals surface area contributed by atoms with Gasteiger partial charge >= 0.3 is 0 Å². The van der Waals surface area contributed by atoms with Crippen molar-refractivity contribution < 1.29 is 52.7 Å². The van der Waals surface area contributed by atoms with E-state index < -0.39 is 39.3 Å². The first-order valence-corrected chi connectivity index (χ1v) is 43.7. The zero-order chi connectivity index (χ0) is 69.7. The van der Waals surface area contributed by atoms with Crippen LogP contribution in [0.1, 0.15) is 188 Å². The number of hydrogen-bond donors (Lipinski definition) is 0. The van der Waals surface area contributed by atoms with Crippen molar-refractivity contribution in [3.05, 3.63) is 156 Å². The number of piperidine rings is 2. The molecule has 0 bridgehead atoms. The number of hydrogen-bond acceptors (Lipinski definition) is 16. The molecule has 6 aromatic carbocycles. The molecule has 0 aliphatic carbocycles. The number of ether oxygens (including phenoxy) is 2. The monoisotopic (exact) mass is 1450 g/mol. The molecule has 98 heavy (non-hydrogen) atoms. The molecule has 2 aromatic heterocycles. The predicted octanol–water partition coefficient (Wildman–Crippen LogP) is 18.0. The van der Waals surface area contributed by atoms with Crippen molar-refractivity contribution in [1.82, 2.24) is 9.80 Å². The standard InChI is InChI=1S/C40H51NO6S3.C38H47NO6S3/c1-3-5-7-12-28-49(43,44)34-20-16-32(17-21-34)40-38(36-23-22-35(30-37(36)48-40)50(45,46)29-13-8-6-4-2)39(42)31-14-18-33(19-15-31)47-27-26-41-24-10-9-11-25-41;1-3-5-10-26-47(41,42)32-18-14-30(15-19-32)38-36(34-21-20-33(28-35(34)46-38)48(43,44)27-11-6-4-2)37(40)29-12-16-31(17-13-29)45-25-24-39-22-8-7-9-23-39/h14-23,30H,3-13,24-29H2,1-2H3;12-21,28H,3-11,22-27H2,1-2H3. The van der Waals surface area contributed by atoms with E-state index in [4.69, 9.17) is 9.47 Å². The van der Waals surface area contributed by atoms with Crippen LogP contribution in [0.15, 0.2) is 153 Å². The molecule has 0 atom stereocenters. The summed E-state index contributed by atoms with van der Waals surface area (Å²) in [5, 5.41) is 1.35. The number of carbonyl (C=O) groups excluding carboxylic acids is 2. The van der Waals surface area contributed by atoms with Crippen LogP contribution >= 0.6 is 22.7 Å². The first-order chi connectivity index (χ1) is 47.2. The maximum absolute atomic E-state index is 14.3. The van der Waals surface area contributed by atoms with Gasteiger partial charge in [-0.3, -0.25) is 19.4 Å². The van der Waals surface area contributed by atoms with Gasteiger partial charge in [0, 0.05) is 65.3 Å². The second-order valence-corrected chi connectivity index (χ2v) is 36.5. The van der Waals surface area contributed by atoms with Gasteiger partial charge in [-0.25, -0.2) is 33.7 Å². The molecular weight excluding hydrogens is 1350 g/mol. The van der Waals surface area contributed by atoms with E-state index in [1.54, 1.807) is 109 Å². The number of nitrogens with zero attached hydrogens (tertiary/aromatic N) is 2. The average molecular weight is 1450 g/mol. The average Bonchev–Trinajstić information content (AvgIpc) is 1.61. The topological polar surface area (TPSA) is 196 Å². The molecule has 10 rings (SSSR count). The van der Waals surface area contributed by atoms with Gasteiger partial charge in [-0.1, -0.05) is 141 Å². The number of benzene rings is 6. The fourth-order valence-electron chi connectivity index (χ4n) is 12.7. The van der Waals surface area contributed by atoms with Crippen LogP contribution < -0.4 is 9.47 Å². The van der Waals surface area contributed by atoms with Gasteiger partial charge in [0.2, 0.25) is 0 Å². The normalized spacial score (nSPS) is 14.3. The van der Waals surface area contributed by atoms with Gasteiger partial charge in [0.25, 0.3) is 0 Å². The SMILES string of the molecule is CCCCCCS(=O)(=O)c1ccc(-c2sc3cc(S(=O)(=O)CCCCCC)ccc3c2C(=O)c2ccc(OCCN3CCCCC3)cc2)cc1.CCCCCS(=O)(=O)c1ccc(-c2sc3cc(S(=O)(=O)CCCCC)ccc3c2C(=O)c2ccc(OCCN3CCCCC3)cc2)cc1. The number of fused-ring (bicyclic) bond motifs is 2. The fourth-order valence-corrected chi connectivity index (χ4v) is 20.8. The maximum atomic E-state index is 14.3. The van der Waals surface area contributed by atoms with Crippen molar-refractivity contribution in [2.75, 3.05) is 75.5 Å². The number of carbonyl (C=O) groups is 2. The van der Waals surface area contributed by atoms with E-state index in [-0.39, 0.29) is 54.2 Å². The van der Waals surface area contributed by atoms with Gasteiger partial charge in [-0.2, -0.15) is 0 Å². The Morgan fingerprint density at radius 2 is 0.673 bits per heavy atom. The van der Waals surface area contributed by atoms with Crippen LogP contribution in [-0.4, -0.2) is 131 Å². The molecule has 2 saturated heterocycles. The Morgan fingerprint density at radius 1 is 0.367 bits per heavy atom. The number of thiophene rings is 2. The van der Waals surface area contributed by atoms with Crippen molar-refractivity contribution >= 4 is 93.8 Å². The minimum Gasteiger partial charge on any atom is -0.492 e. The van der Waals surface area contributed by atoms with E-state index in [1.807, 2.05) is 38.1 Å². The molecule has 0 saturated carbocycles. The molecule has 20 heteroatoms. The molecule has 2 aliphatic rings. The number of ketones is 2. The Balaban J connectivity index is 0.000000229. The minimum atomic E-state index is -3.49. The summed E-state index contributed by atoms with van der Waals surface area (Å²) in [7, 11) is -13.8.